The zero-order valence-corrected chi connectivity index (χ0v) is 26.6. The van der Waals surface area contributed by atoms with E-state index in [1.807, 2.05) is 38.2 Å². The molecule has 0 heterocycles. The molecule has 1 N–H and O–H groups in total. The average molecular weight is 657 g/mol. The number of benzene rings is 2. The predicted octanol–water partition coefficient (Wildman–Crippen LogP) is 4.77. The van der Waals surface area contributed by atoms with Crippen molar-refractivity contribution in [3.63, 3.8) is 0 Å². The molecular weight excluding hydrogens is 635 g/mol. The van der Waals surface area contributed by atoms with Gasteiger partial charge in [-0.1, -0.05) is 12.1 Å². The van der Waals surface area contributed by atoms with Crippen LogP contribution in [0.15, 0.2) is 48.5 Å². The van der Waals surface area contributed by atoms with Gasteiger partial charge in [0.2, 0.25) is 5.69 Å². The number of phenolic OH excluding ortho intramolecular Hbond substituents is 1. The van der Waals surface area contributed by atoms with E-state index in [-0.39, 0.29) is 36.7 Å². The Hall–Kier alpha value is -0.520. The van der Waals surface area contributed by atoms with Crippen LogP contribution in [-0.2, 0) is 9.47 Å². The Balaban J connectivity index is -0.000000460. The van der Waals surface area contributed by atoms with Gasteiger partial charge in [0.25, 0.3) is 0 Å². The molecule has 0 spiro atoms. The van der Waals surface area contributed by atoms with Crippen molar-refractivity contribution in [2.24, 2.45) is 0 Å². The van der Waals surface area contributed by atoms with E-state index in [2.05, 4.69) is 16.2 Å². The van der Waals surface area contributed by atoms with Crippen molar-refractivity contribution in [1.82, 2.24) is 0 Å². The van der Waals surface area contributed by atoms with Crippen LogP contribution >= 0.6 is 81.2 Å². The maximum absolute atomic E-state index is 10.5. The fourth-order valence-corrected chi connectivity index (χ4v) is 2.33. The van der Waals surface area contributed by atoms with Crippen molar-refractivity contribution in [3.8, 4) is 11.5 Å². The molecule has 2 aromatic carbocycles. The molecule has 0 amide bonds. The molecule has 0 bridgehead atoms. The van der Waals surface area contributed by atoms with E-state index in [1.54, 1.807) is 41.0 Å². The van der Waals surface area contributed by atoms with Crippen LogP contribution < -0.4 is 39.2 Å². The van der Waals surface area contributed by atoms with Crippen LogP contribution in [0.2, 0.25) is 0 Å². The fourth-order valence-electron chi connectivity index (χ4n) is 1.86. The van der Waals surface area contributed by atoms with E-state index in [0.717, 1.165) is 11.4 Å². The number of aromatic hydroxyl groups is 1. The van der Waals surface area contributed by atoms with Crippen LogP contribution in [0.4, 0.5) is 21.0 Å². The molecule has 16 heteroatoms. The molecule has 0 fully saturated rings. The quantitative estimate of drug-likeness (QED) is 0.127. The molecule has 0 saturated carbocycles. The second kappa shape index (κ2) is 17.9. The number of anilines is 1. The van der Waals surface area contributed by atoms with E-state index < -0.39 is 19.5 Å². The molecule has 2 rings (SSSR count). The average Bonchev–Trinajstić information content (AvgIpc) is 2.65. The minimum Gasteiger partial charge on any atom is -1.00 e. The van der Waals surface area contributed by atoms with Crippen LogP contribution in [0.1, 0.15) is 1.43 Å². The van der Waals surface area contributed by atoms with Gasteiger partial charge in [-0.05, 0) is 87.8 Å². The standard InChI is InChI=1S/C9H10ClNO2.C8H9NO.C3Cl6O3.Na.H/c1-11(2)7-4-3-5-8(6-7)13-9(10)12;1-9(2)7-4-3-5-8(10)6-7;4-2(5,6)11-1(10)12-3(7,8)9;;/h3-6H,1-2H3;3-6H,1H2,2H3;;;/q;;;+1;-1/p+1. The van der Waals surface area contributed by atoms with Crippen molar-refractivity contribution in [3.05, 3.63) is 48.5 Å². The number of carbonyl (C=O) groups excluding carboxylic acids is 2. The maximum Gasteiger partial charge on any atom is 1.00 e. The molecule has 0 aromatic heterocycles. The number of phenols is 1. The van der Waals surface area contributed by atoms with E-state index in [4.69, 9.17) is 91.0 Å². The maximum atomic E-state index is 10.5. The second-order valence-corrected chi connectivity index (χ2v) is 11.0. The van der Waals surface area contributed by atoms with Crippen LogP contribution in [0.25, 0.3) is 0 Å². The Labute approximate surface area is 267 Å². The smallest absolute Gasteiger partial charge is 1.00 e. The Kier molecular flexibility index (Phi) is 18.7. The third-order valence-corrected chi connectivity index (χ3v) is 3.74. The summed E-state index contributed by atoms with van der Waals surface area (Å²) in [4.78, 5) is 22.9. The van der Waals surface area contributed by atoms with Gasteiger partial charge in [0.05, 0.1) is 6.07 Å². The van der Waals surface area contributed by atoms with Crippen molar-refractivity contribution < 1.29 is 64.5 Å². The van der Waals surface area contributed by atoms with Gasteiger partial charge in [0.1, 0.15) is 25.3 Å². The number of nitrogens with zero attached hydrogens (tertiary/aromatic N) is 2. The minimum atomic E-state index is -2.24. The number of hydrogen-bond acceptors (Lipinski definition) is 7. The summed E-state index contributed by atoms with van der Waals surface area (Å²) in [6.45, 7) is 3.67. The van der Waals surface area contributed by atoms with Crippen LogP contribution in [0, 0.1) is 0 Å². The largest absolute Gasteiger partial charge is 1.00 e. The van der Waals surface area contributed by atoms with Crippen molar-refractivity contribution >= 4 is 111 Å². The van der Waals surface area contributed by atoms with Gasteiger partial charge in [-0.2, -0.15) is 0 Å². The molecule has 196 valence electrons. The van der Waals surface area contributed by atoms with E-state index >= 15 is 0 Å². The summed E-state index contributed by atoms with van der Waals surface area (Å²) in [7, 11) is 5.64. The molecular formula is C20H21Cl7N2NaO6+. The number of alkyl halides is 6. The minimum absolute atomic E-state index is 0. The van der Waals surface area contributed by atoms with Gasteiger partial charge in [-0.15, -0.1) is 0 Å². The molecule has 0 atom stereocenters. The molecule has 0 unspecified atom stereocenters. The van der Waals surface area contributed by atoms with Gasteiger partial charge in [-0.3, -0.25) is 0 Å². The van der Waals surface area contributed by atoms with Crippen molar-refractivity contribution in [2.45, 2.75) is 7.96 Å². The molecule has 0 aliphatic carbocycles. The molecule has 0 saturated heterocycles. The topological polar surface area (TPSA) is 88.3 Å². The summed E-state index contributed by atoms with van der Waals surface area (Å²) in [5, 5.41) is 9.01. The monoisotopic (exact) mass is 653 g/mol. The first-order valence-electron chi connectivity index (χ1n) is 8.93. The summed E-state index contributed by atoms with van der Waals surface area (Å²) < 4.78 is 9.90. The number of carbonyl (C=O) groups is 2. The third kappa shape index (κ3) is 20.5. The van der Waals surface area contributed by atoms with Crippen molar-refractivity contribution in [2.75, 3.05) is 26.0 Å². The SMILES string of the molecule is C=[N+](C)c1cccc(O)c1.CN(C)c1cccc(OC(=O)Cl)c1.O=C(OC(Cl)(Cl)Cl)OC(Cl)(Cl)Cl.[H-].[Na+]. The van der Waals surface area contributed by atoms with Gasteiger partial charge < -0.3 is 25.6 Å². The zero-order valence-electron chi connectivity index (χ0n) is 20.4. The summed E-state index contributed by atoms with van der Waals surface area (Å²) in [6, 6.07) is 14.1. The van der Waals surface area contributed by atoms with Gasteiger partial charge >= 0.3 is 49.1 Å². The summed E-state index contributed by atoms with van der Waals surface area (Å²) >= 11 is 35.3. The van der Waals surface area contributed by atoms with E-state index in [0.29, 0.717) is 5.75 Å². The van der Waals surface area contributed by atoms with E-state index in [9.17, 15) is 9.59 Å². The molecule has 36 heavy (non-hydrogen) atoms. The Morgan fingerprint density at radius 2 is 1.47 bits per heavy atom. The first-order valence-corrected chi connectivity index (χ1v) is 11.6. The first-order chi connectivity index (χ1) is 15.9. The summed E-state index contributed by atoms with van der Waals surface area (Å²) in [5.74, 6) is 0.721. The first kappa shape index (κ1) is 37.6. The molecule has 0 radical (unpaired) electrons. The Morgan fingerprint density at radius 1 is 0.972 bits per heavy atom. The third-order valence-electron chi connectivity index (χ3n) is 3.20. The normalized spacial score (nSPS) is 10.2. The van der Waals surface area contributed by atoms with Gasteiger partial charge in [-0.25, -0.2) is 14.2 Å². The van der Waals surface area contributed by atoms with Crippen LogP contribution in [0.5, 0.6) is 11.5 Å². The fraction of sp³-hybridized carbons (Fsp3) is 0.250. The predicted molar refractivity (Wildman–Crippen MR) is 143 cm³/mol. The van der Waals surface area contributed by atoms with E-state index in [1.165, 1.54) is 0 Å². The number of halogens is 7. The Bertz CT molecular complexity index is 990. The molecule has 8 nitrogen and oxygen atoms in total. The summed E-state index contributed by atoms with van der Waals surface area (Å²) in [6.07, 6.45) is -1.41. The van der Waals surface area contributed by atoms with Crippen molar-refractivity contribution in [1.29, 1.82) is 0 Å². The number of ether oxygens (including phenoxy) is 3. The zero-order chi connectivity index (χ0) is 27.4. The Morgan fingerprint density at radius 3 is 1.83 bits per heavy atom. The van der Waals surface area contributed by atoms with Crippen LogP contribution in [0.3, 0.4) is 0 Å². The number of hydrogen-bond donors (Lipinski definition) is 1. The number of rotatable bonds is 3. The summed E-state index contributed by atoms with van der Waals surface area (Å²) in [5.41, 5.74) is 1.03. The molecule has 0 aliphatic heterocycles. The van der Waals surface area contributed by atoms with Gasteiger partial charge in [0, 0.05) is 43.5 Å². The second-order valence-electron chi connectivity index (χ2n) is 6.29. The van der Waals surface area contributed by atoms with Gasteiger partial charge in [0.15, 0.2) is 0 Å². The van der Waals surface area contributed by atoms with Crippen LogP contribution in [-0.4, -0.2) is 57.1 Å². The molecule has 0 aliphatic rings. The molecule has 2 aromatic rings.